The Morgan fingerprint density at radius 1 is 1.10 bits per heavy atom. The summed E-state index contributed by atoms with van der Waals surface area (Å²) in [6, 6.07) is 15.1. The first kappa shape index (κ1) is 16.7. The van der Waals surface area contributed by atoms with Crippen molar-refractivity contribution in [2.75, 3.05) is 20.8 Å². The summed E-state index contributed by atoms with van der Waals surface area (Å²) in [5.74, 6) is 0. The number of nitrogens with one attached hydrogen (secondary N) is 1. The second-order valence-corrected chi connectivity index (χ2v) is 6.64. The molecule has 21 heavy (non-hydrogen) atoms. The lowest BCUT2D eigenvalue weighted by molar-refractivity contribution is 0.202. The first-order chi connectivity index (χ1) is 10.2. The molecule has 0 aliphatic rings. The minimum Gasteiger partial charge on any atom is -0.384 e. The van der Waals surface area contributed by atoms with E-state index in [-0.39, 0.29) is 6.04 Å². The molecule has 1 atom stereocenters. The molecule has 0 saturated heterocycles. The van der Waals surface area contributed by atoms with E-state index >= 15 is 0 Å². The Balaban J connectivity index is 2.26. The number of methoxy groups -OCH3 is 1. The van der Waals surface area contributed by atoms with E-state index in [4.69, 9.17) is 4.74 Å². The topological polar surface area (TPSA) is 21.3 Å². The summed E-state index contributed by atoms with van der Waals surface area (Å²) in [5, 5.41) is 3.39. The number of hydrogen-bond acceptors (Lipinski definition) is 2. The molecular formula is C17H19Br2NO. The van der Waals surface area contributed by atoms with E-state index in [2.05, 4.69) is 73.6 Å². The SMILES string of the molecule is CNC(c1ccc(CCOC)cc1)c1cc(Br)ccc1Br. The second kappa shape index (κ2) is 8.08. The molecule has 0 aliphatic heterocycles. The zero-order valence-electron chi connectivity index (χ0n) is 12.2. The molecule has 0 heterocycles. The maximum Gasteiger partial charge on any atom is 0.0585 e. The average Bonchev–Trinajstić information content (AvgIpc) is 2.50. The molecular weight excluding hydrogens is 394 g/mol. The van der Waals surface area contributed by atoms with Gasteiger partial charge < -0.3 is 10.1 Å². The van der Waals surface area contributed by atoms with Gasteiger partial charge in [-0.2, -0.15) is 0 Å². The van der Waals surface area contributed by atoms with Gasteiger partial charge in [-0.25, -0.2) is 0 Å². The predicted octanol–water partition coefficient (Wildman–Crippen LogP) is 4.71. The summed E-state index contributed by atoms with van der Waals surface area (Å²) in [4.78, 5) is 0. The number of hydrogen-bond donors (Lipinski definition) is 1. The van der Waals surface area contributed by atoms with Gasteiger partial charge in [-0.3, -0.25) is 0 Å². The Morgan fingerprint density at radius 3 is 2.43 bits per heavy atom. The Kier molecular flexibility index (Phi) is 6.42. The highest BCUT2D eigenvalue weighted by molar-refractivity contribution is 9.11. The first-order valence-electron chi connectivity index (χ1n) is 6.85. The van der Waals surface area contributed by atoms with Gasteiger partial charge in [0, 0.05) is 16.1 Å². The van der Waals surface area contributed by atoms with Crippen LogP contribution in [-0.2, 0) is 11.2 Å². The highest BCUT2D eigenvalue weighted by Gasteiger charge is 2.15. The molecule has 0 fully saturated rings. The molecule has 0 radical (unpaired) electrons. The maximum atomic E-state index is 5.12. The quantitative estimate of drug-likeness (QED) is 0.741. The van der Waals surface area contributed by atoms with Crippen LogP contribution < -0.4 is 5.32 Å². The molecule has 0 spiro atoms. The summed E-state index contributed by atoms with van der Waals surface area (Å²) >= 11 is 7.18. The Hall–Kier alpha value is -0.680. The van der Waals surface area contributed by atoms with Crippen molar-refractivity contribution in [1.29, 1.82) is 0 Å². The fraction of sp³-hybridized carbons (Fsp3) is 0.294. The third kappa shape index (κ3) is 4.39. The molecule has 0 aliphatic carbocycles. The van der Waals surface area contributed by atoms with Crippen molar-refractivity contribution in [2.45, 2.75) is 12.5 Å². The van der Waals surface area contributed by atoms with Gasteiger partial charge in [0.15, 0.2) is 0 Å². The van der Waals surface area contributed by atoms with Crippen LogP contribution in [-0.4, -0.2) is 20.8 Å². The van der Waals surface area contributed by atoms with Crippen molar-refractivity contribution >= 4 is 31.9 Å². The van der Waals surface area contributed by atoms with Crippen molar-refractivity contribution < 1.29 is 4.74 Å². The van der Waals surface area contributed by atoms with E-state index in [0.717, 1.165) is 22.0 Å². The number of ether oxygens (including phenoxy) is 1. The summed E-state index contributed by atoms with van der Waals surface area (Å²) in [6.45, 7) is 0.756. The number of rotatable bonds is 6. The molecule has 1 N–H and O–H groups in total. The Labute approximate surface area is 143 Å². The molecule has 0 saturated carbocycles. The average molecular weight is 413 g/mol. The van der Waals surface area contributed by atoms with Crippen LogP contribution in [0, 0.1) is 0 Å². The number of benzene rings is 2. The summed E-state index contributed by atoms with van der Waals surface area (Å²) in [6.07, 6.45) is 0.946. The molecule has 2 aromatic rings. The molecule has 0 bridgehead atoms. The number of halogens is 2. The van der Waals surface area contributed by atoms with Crippen molar-refractivity contribution in [1.82, 2.24) is 5.32 Å². The molecule has 2 nitrogen and oxygen atoms in total. The fourth-order valence-electron chi connectivity index (χ4n) is 2.33. The second-order valence-electron chi connectivity index (χ2n) is 4.87. The van der Waals surface area contributed by atoms with Crippen molar-refractivity contribution in [3.8, 4) is 0 Å². The third-order valence-corrected chi connectivity index (χ3v) is 4.68. The van der Waals surface area contributed by atoms with Crippen LogP contribution in [0.5, 0.6) is 0 Å². The Bertz CT molecular complexity index is 584. The third-order valence-electron chi connectivity index (χ3n) is 3.47. The van der Waals surface area contributed by atoms with Gasteiger partial charge in [-0.05, 0) is 48.4 Å². The van der Waals surface area contributed by atoms with Gasteiger partial charge >= 0.3 is 0 Å². The van der Waals surface area contributed by atoms with Gasteiger partial charge in [-0.1, -0.05) is 56.1 Å². The summed E-state index contributed by atoms with van der Waals surface area (Å²) in [7, 11) is 3.72. The molecule has 1 unspecified atom stereocenters. The standard InChI is InChI=1S/C17H19Br2NO/c1-20-17(15-11-14(18)7-8-16(15)19)13-5-3-12(4-6-13)9-10-21-2/h3-8,11,17,20H,9-10H2,1-2H3. The lowest BCUT2D eigenvalue weighted by Gasteiger charge is -2.19. The Morgan fingerprint density at radius 2 is 1.81 bits per heavy atom. The fourth-order valence-corrected chi connectivity index (χ4v) is 3.19. The zero-order chi connectivity index (χ0) is 15.2. The van der Waals surface area contributed by atoms with Crippen molar-refractivity contribution in [2.24, 2.45) is 0 Å². The lowest BCUT2D eigenvalue weighted by Crippen LogP contribution is -2.18. The van der Waals surface area contributed by atoms with Crippen LogP contribution in [0.4, 0.5) is 0 Å². The predicted molar refractivity (Wildman–Crippen MR) is 94.8 cm³/mol. The molecule has 2 rings (SSSR count). The van der Waals surface area contributed by atoms with E-state index in [1.54, 1.807) is 7.11 Å². The normalized spacial score (nSPS) is 12.4. The summed E-state index contributed by atoms with van der Waals surface area (Å²) < 4.78 is 7.31. The highest BCUT2D eigenvalue weighted by atomic mass is 79.9. The van der Waals surface area contributed by atoms with E-state index in [1.165, 1.54) is 16.7 Å². The van der Waals surface area contributed by atoms with Crippen LogP contribution in [0.15, 0.2) is 51.4 Å². The minimum absolute atomic E-state index is 0.161. The van der Waals surface area contributed by atoms with E-state index in [1.807, 2.05) is 13.1 Å². The van der Waals surface area contributed by atoms with Crippen LogP contribution in [0.3, 0.4) is 0 Å². The maximum absolute atomic E-state index is 5.12. The molecule has 2 aromatic carbocycles. The van der Waals surface area contributed by atoms with Gasteiger partial charge in [-0.15, -0.1) is 0 Å². The smallest absolute Gasteiger partial charge is 0.0585 e. The van der Waals surface area contributed by atoms with Gasteiger partial charge in [0.05, 0.1) is 12.6 Å². The van der Waals surface area contributed by atoms with Crippen LogP contribution in [0.25, 0.3) is 0 Å². The van der Waals surface area contributed by atoms with Crippen molar-refractivity contribution in [3.05, 3.63) is 68.1 Å². The van der Waals surface area contributed by atoms with Gasteiger partial charge in [0.1, 0.15) is 0 Å². The van der Waals surface area contributed by atoms with E-state index < -0.39 is 0 Å². The van der Waals surface area contributed by atoms with Crippen LogP contribution in [0.1, 0.15) is 22.7 Å². The minimum atomic E-state index is 0.161. The van der Waals surface area contributed by atoms with E-state index in [0.29, 0.717) is 0 Å². The van der Waals surface area contributed by atoms with Crippen LogP contribution in [0.2, 0.25) is 0 Å². The summed E-state index contributed by atoms with van der Waals surface area (Å²) in [5.41, 5.74) is 3.76. The van der Waals surface area contributed by atoms with Crippen LogP contribution >= 0.6 is 31.9 Å². The van der Waals surface area contributed by atoms with Gasteiger partial charge in [0.2, 0.25) is 0 Å². The molecule has 4 heteroatoms. The largest absolute Gasteiger partial charge is 0.384 e. The highest BCUT2D eigenvalue weighted by Crippen LogP contribution is 2.31. The molecule has 0 aromatic heterocycles. The molecule has 0 amide bonds. The molecule has 112 valence electrons. The lowest BCUT2D eigenvalue weighted by atomic mass is 9.97. The van der Waals surface area contributed by atoms with Gasteiger partial charge in [0.25, 0.3) is 0 Å². The first-order valence-corrected chi connectivity index (χ1v) is 8.44. The zero-order valence-corrected chi connectivity index (χ0v) is 15.4. The monoisotopic (exact) mass is 411 g/mol. The van der Waals surface area contributed by atoms with Crippen molar-refractivity contribution in [3.63, 3.8) is 0 Å². The van der Waals surface area contributed by atoms with E-state index in [9.17, 15) is 0 Å².